The van der Waals surface area contributed by atoms with Gasteiger partial charge in [-0.15, -0.1) is 0 Å². The number of sulfone groups is 1. The van der Waals surface area contributed by atoms with E-state index in [4.69, 9.17) is 0 Å². The maximum Gasteiger partial charge on any atom is 0.152 e. The van der Waals surface area contributed by atoms with Crippen LogP contribution in [0.15, 0.2) is 24.3 Å². The summed E-state index contributed by atoms with van der Waals surface area (Å²) in [6.45, 7) is 4.19. The Balaban J connectivity index is 1.59. The Morgan fingerprint density at radius 2 is 1.81 bits per heavy atom. The first kappa shape index (κ1) is 15.0. The van der Waals surface area contributed by atoms with Crippen LogP contribution in [0.1, 0.15) is 32.3 Å². The van der Waals surface area contributed by atoms with Crippen LogP contribution in [0.5, 0.6) is 0 Å². The largest absolute Gasteiger partial charge is 0.310 e. The number of rotatable bonds is 3. The molecule has 0 amide bonds. The summed E-state index contributed by atoms with van der Waals surface area (Å²) in [5.41, 5.74) is 1.24. The summed E-state index contributed by atoms with van der Waals surface area (Å²) in [4.78, 5) is 0. The van der Waals surface area contributed by atoms with Gasteiger partial charge in [-0.05, 0) is 41.9 Å². The summed E-state index contributed by atoms with van der Waals surface area (Å²) in [7, 11) is -2.86. The molecule has 1 aliphatic carbocycles. The van der Waals surface area contributed by atoms with Crippen LogP contribution in [0.4, 0.5) is 4.39 Å². The highest BCUT2D eigenvalue weighted by Gasteiger charge is 2.44. The fourth-order valence-corrected chi connectivity index (χ4v) is 5.91. The van der Waals surface area contributed by atoms with E-state index in [9.17, 15) is 12.8 Å². The molecule has 1 aliphatic heterocycles. The lowest BCUT2D eigenvalue weighted by atomic mass is 9.63. The Hall–Kier alpha value is -0.940. The van der Waals surface area contributed by atoms with E-state index in [1.165, 1.54) is 12.1 Å². The zero-order valence-electron chi connectivity index (χ0n) is 12.5. The van der Waals surface area contributed by atoms with Gasteiger partial charge >= 0.3 is 0 Å². The predicted octanol–water partition coefficient (Wildman–Crippen LogP) is 2.27. The van der Waals surface area contributed by atoms with Crippen molar-refractivity contribution in [2.75, 3.05) is 11.5 Å². The third-order valence-electron chi connectivity index (χ3n) is 5.02. The molecule has 0 bridgehead atoms. The van der Waals surface area contributed by atoms with E-state index >= 15 is 0 Å². The predicted molar refractivity (Wildman–Crippen MR) is 81.5 cm³/mol. The molecular weight excluding hydrogens is 289 g/mol. The van der Waals surface area contributed by atoms with Crippen molar-refractivity contribution in [1.29, 1.82) is 0 Å². The van der Waals surface area contributed by atoms with E-state index < -0.39 is 9.84 Å². The van der Waals surface area contributed by atoms with Crippen LogP contribution in [0, 0.1) is 11.7 Å². The second-order valence-corrected chi connectivity index (χ2v) is 9.15. The summed E-state index contributed by atoms with van der Waals surface area (Å²) in [5.74, 6) is 0.541. The minimum Gasteiger partial charge on any atom is -0.310 e. The van der Waals surface area contributed by atoms with Crippen molar-refractivity contribution < 1.29 is 12.8 Å². The van der Waals surface area contributed by atoms with Gasteiger partial charge in [-0.25, -0.2) is 12.8 Å². The third-order valence-corrected chi connectivity index (χ3v) is 6.92. The average molecular weight is 311 g/mol. The van der Waals surface area contributed by atoms with Crippen LogP contribution in [-0.4, -0.2) is 32.0 Å². The van der Waals surface area contributed by atoms with Gasteiger partial charge in [0.25, 0.3) is 0 Å². The molecule has 1 saturated heterocycles. The Kier molecular flexibility index (Phi) is 3.61. The van der Waals surface area contributed by atoms with Gasteiger partial charge in [0, 0.05) is 12.1 Å². The lowest BCUT2D eigenvalue weighted by Crippen LogP contribution is -2.54. The van der Waals surface area contributed by atoms with E-state index in [0.29, 0.717) is 11.8 Å². The average Bonchev–Trinajstić information content (AvgIpc) is 2.61. The van der Waals surface area contributed by atoms with Crippen molar-refractivity contribution in [2.24, 2.45) is 5.92 Å². The van der Waals surface area contributed by atoms with Crippen molar-refractivity contribution in [3.8, 4) is 0 Å². The number of hydrogen-bond donors (Lipinski definition) is 1. The highest BCUT2D eigenvalue weighted by atomic mass is 32.2. The maximum absolute atomic E-state index is 13.0. The topological polar surface area (TPSA) is 46.2 Å². The van der Waals surface area contributed by atoms with Crippen molar-refractivity contribution in [1.82, 2.24) is 5.32 Å². The zero-order chi connectivity index (χ0) is 15.3. The maximum atomic E-state index is 13.0. The quantitative estimate of drug-likeness (QED) is 0.931. The molecule has 1 saturated carbocycles. The van der Waals surface area contributed by atoms with Gasteiger partial charge in [0.05, 0.1) is 11.5 Å². The summed E-state index contributed by atoms with van der Waals surface area (Å²) in [5, 5.41) is 3.50. The van der Waals surface area contributed by atoms with Gasteiger partial charge < -0.3 is 5.32 Å². The summed E-state index contributed by atoms with van der Waals surface area (Å²) in [6, 6.07) is 7.17. The Bertz CT molecular complexity index is 620. The van der Waals surface area contributed by atoms with E-state index in [-0.39, 0.29) is 28.9 Å². The fraction of sp³-hybridized carbons (Fsp3) is 0.625. The van der Waals surface area contributed by atoms with Gasteiger partial charge in [0.2, 0.25) is 0 Å². The third kappa shape index (κ3) is 2.99. The molecule has 1 aromatic rings. The number of benzene rings is 1. The monoisotopic (exact) mass is 311 g/mol. The molecule has 0 unspecified atom stereocenters. The molecule has 3 rings (SSSR count). The lowest BCUT2D eigenvalue weighted by Gasteiger charge is -2.47. The molecule has 116 valence electrons. The van der Waals surface area contributed by atoms with E-state index in [2.05, 4.69) is 12.2 Å². The van der Waals surface area contributed by atoms with E-state index in [1.807, 2.05) is 19.1 Å². The molecule has 1 heterocycles. The van der Waals surface area contributed by atoms with Gasteiger partial charge in [-0.3, -0.25) is 0 Å². The van der Waals surface area contributed by atoms with Crippen LogP contribution in [0.3, 0.4) is 0 Å². The van der Waals surface area contributed by atoms with Crippen LogP contribution in [0.25, 0.3) is 0 Å². The van der Waals surface area contributed by atoms with Crippen molar-refractivity contribution in [3.05, 3.63) is 35.6 Å². The van der Waals surface area contributed by atoms with Gasteiger partial charge in [-0.2, -0.15) is 0 Å². The first-order chi connectivity index (χ1) is 9.77. The highest BCUT2D eigenvalue weighted by Crippen LogP contribution is 2.44. The minimum atomic E-state index is -2.86. The minimum absolute atomic E-state index is 0.0755. The molecule has 2 aliphatic rings. The van der Waals surface area contributed by atoms with Crippen molar-refractivity contribution in [3.63, 3.8) is 0 Å². The fourth-order valence-electron chi connectivity index (χ4n) is 3.77. The molecule has 5 heteroatoms. The molecule has 0 radical (unpaired) electrons. The molecule has 0 aromatic heterocycles. The summed E-state index contributed by atoms with van der Waals surface area (Å²) < 4.78 is 36.3. The number of halogens is 1. The van der Waals surface area contributed by atoms with Crippen LogP contribution in [-0.2, 0) is 15.3 Å². The van der Waals surface area contributed by atoms with Crippen molar-refractivity contribution >= 4 is 9.84 Å². The molecule has 2 fully saturated rings. The van der Waals surface area contributed by atoms with Crippen LogP contribution in [0.2, 0.25) is 0 Å². The summed E-state index contributed by atoms with van der Waals surface area (Å²) in [6.07, 6.45) is 1.95. The Morgan fingerprint density at radius 1 is 1.19 bits per heavy atom. The Morgan fingerprint density at radius 3 is 2.33 bits per heavy atom. The van der Waals surface area contributed by atoms with Gasteiger partial charge in [0.1, 0.15) is 5.82 Å². The molecule has 1 aromatic carbocycles. The highest BCUT2D eigenvalue weighted by molar-refractivity contribution is 7.91. The van der Waals surface area contributed by atoms with Gasteiger partial charge in [0.15, 0.2) is 9.84 Å². The normalized spacial score (nSPS) is 38.1. The molecule has 21 heavy (non-hydrogen) atoms. The zero-order valence-corrected chi connectivity index (χ0v) is 13.3. The van der Waals surface area contributed by atoms with Crippen molar-refractivity contribution in [2.45, 2.75) is 44.2 Å². The van der Waals surface area contributed by atoms with Crippen LogP contribution >= 0.6 is 0 Å². The molecule has 1 N–H and O–H groups in total. The first-order valence-electron chi connectivity index (χ1n) is 7.50. The summed E-state index contributed by atoms with van der Waals surface area (Å²) >= 11 is 0. The number of nitrogens with one attached hydrogen (secondary N) is 1. The standard InChI is InChI=1S/C16H22FNO2S/c1-11-9-21(19,20)10-15(11)18-14-7-16(2,8-14)12-3-5-13(17)6-4-12/h3-6,11,14-15,18H,7-10H2,1-2H3/t11-,14?,15+,16?/m0/s1. The number of hydrogen-bond acceptors (Lipinski definition) is 3. The smallest absolute Gasteiger partial charge is 0.152 e. The first-order valence-corrected chi connectivity index (χ1v) is 9.32. The van der Waals surface area contributed by atoms with E-state index in [1.54, 1.807) is 0 Å². The second-order valence-electron chi connectivity index (χ2n) is 7.00. The molecule has 0 spiro atoms. The van der Waals surface area contributed by atoms with Gasteiger partial charge in [-0.1, -0.05) is 26.0 Å². The SMILES string of the molecule is C[C@H]1CS(=O)(=O)C[C@H]1NC1CC(C)(c2ccc(F)cc2)C1. The molecule has 3 nitrogen and oxygen atoms in total. The molecule has 2 atom stereocenters. The Labute approximate surface area is 125 Å². The van der Waals surface area contributed by atoms with E-state index in [0.717, 1.165) is 18.4 Å². The van der Waals surface area contributed by atoms with Crippen LogP contribution < -0.4 is 5.32 Å². The molecular formula is C16H22FNO2S. The lowest BCUT2D eigenvalue weighted by molar-refractivity contribution is 0.172. The second kappa shape index (κ2) is 5.06.